The van der Waals surface area contributed by atoms with E-state index in [1.807, 2.05) is 0 Å². The van der Waals surface area contributed by atoms with Crippen molar-refractivity contribution in [3.63, 3.8) is 0 Å². The molecule has 0 bridgehead atoms. The highest BCUT2D eigenvalue weighted by atomic mass is 19.3. The molecule has 0 aliphatic rings. The van der Waals surface area contributed by atoms with E-state index in [1.54, 1.807) is 0 Å². The smallest absolute Gasteiger partial charge is 0.360 e. The topological polar surface area (TPSA) is 76.0 Å². The lowest BCUT2D eigenvalue weighted by Crippen LogP contribution is -2.36. The molecule has 20 heavy (non-hydrogen) atoms. The summed E-state index contributed by atoms with van der Waals surface area (Å²) in [5.41, 5.74) is -0.924. The van der Waals surface area contributed by atoms with E-state index in [0.717, 1.165) is 24.4 Å². The Morgan fingerprint density at radius 2 is 2.00 bits per heavy atom. The summed E-state index contributed by atoms with van der Waals surface area (Å²) in [6, 6.07) is 3.07. The van der Waals surface area contributed by atoms with Crippen LogP contribution in [0.3, 0.4) is 0 Å². The molecule has 0 saturated heterocycles. The molecule has 0 unspecified atom stereocenters. The van der Waals surface area contributed by atoms with E-state index in [2.05, 4.69) is 4.98 Å². The van der Waals surface area contributed by atoms with Gasteiger partial charge < -0.3 is 4.98 Å². The molecule has 1 aromatic carbocycles. The number of fused-ring (bicyclic) bond motifs is 1. The Bertz CT molecular complexity index is 696. The number of benzene rings is 1. The third-order valence-corrected chi connectivity index (χ3v) is 2.70. The number of aromatic nitrogens is 1. The molecule has 0 saturated carbocycles. The normalized spacial score (nSPS) is 12.1. The van der Waals surface area contributed by atoms with Gasteiger partial charge in [0.05, 0.1) is 10.4 Å². The molecule has 1 N–H and O–H groups in total. The average Bonchev–Trinajstić information content (AvgIpc) is 2.80. The van der Waals surface area contributed by atoms with Crippen molar-refractivity contribution >= 4 is 22.4 Å². The monoisotopic (exact) mass is 290 g/mol. The number of carbonyl (C=O) groups excluding carboxylic acids is 1. The number of hydrogen-bond acceptors (Lipinski definition) is 3. The Kier molecular flexibility index (Phi) is 3.20. The van der Waals surface area contributed by atoms with Crippen LogP contribution in [-0.2, 0) is 0 Å². The number of ketones is 1. The number of carbonyl (C=O) groups is 1. The molecule has 0 fully saturated rings. The molecule has 0 radical (unpaired) electrons. The molecular formula is C11H6F4N2O3. The van der Waals surface area contributed by atoms with Crippen molar-refractivity contribution in [2.75, 3.05) is 0 Å². The second kappa shape index (κ2) is 4.58. The number of hydrogen-bond donors (Lipinski definition) is 1. The maximum absolute atomic E-state index is 13.0. The van der Waals surface area contributed by atoms with Crippen molar-refractivity contribution in [1.82, 2.24) is 4.98 Å². The van der Waals surface area contributed by atoms with Gasteiger partial charge in [-0.3, -0.25) is 14.9 Å². The van der Waals surface area contributed by atoms with Crippen molar-refractivity contribution < 1.29 is 27.3 Å². The average molecular weight is 290 g/mol. The lowest BCUT2D eigenvalue weighted by atomic mass is 10.0. The third-order valence-electron chi connectivity index (χ3n) is 2.70. The second-order valence-electron chi connectivity index (χ2n) is 3.94. The Labute approximate surface area is 108 Å². The van der Waals surface area contributed by atoms with Gasteiger partial charge >= 0.3 is 12.3 Å². The van der Waals surface area contributed by atoms with Crippen molar-refractivity contribution in [3.8, 4) is 0 Å². The molecule has 0 spiro atoms. The highest BCUT2D eigenvalue weighted by molar-refractivity contribution is 6.11. The first-order valence-corrected chi connectivity index (χ1v) is 5.21. The highest BCUT2D eigenvalue weighted by Crippen LogP contribution is 2.31. The van der Waals surface area contributed by atoms with Gasteiger partial charge in [0.2, 0.25) is 5.78 Å². The van der Waals surface area contributed by atoms with Gasteiger partial charge in [-0.15, -0.1) is 0 Å². The minimum Gasteiger partial charge on any atom is -0.360 e. The summed E-state index contributed by atoms with van der Waals surface area (Å²) in [4.78, 5) is 23.6. The highest BCUT2D eigenvalue weighted by Gasteiger charge is 2.49. The van der Waals surface area contributed by atoms with Gasteiger partial charge in [0.25, 0.3) is 5.69 Å². The van der Waals surface area contributed by atoms with Gasteiger partial charge in [-0.1, -0.05) is 0 Å². The Morgan fingerprint density at radius 3 is 2.55 bits per heavy atom. The fraction of sp³-hybridized carbons (Fsp3) is 0.182. The maximum atomic E-state index is 13.0. The number of halogens is 4. The summed E-state index contributed by atoms with van der Waals surface area (Å²) in [7, 11) is 0. The molecule has 1 aromatic heterocycles. The molecule has 0 aliphatic carbocycles. The second-order valence-corrected chi connectivity index (χ2v) is 3.94. The summed E-state index contributed by atoms with van der Waals surface area (Å²) < 4.78 is 50.3. The molecule has 2 aromatic rings. The van der Waals surface area contributed by atoms with Crippen LogP contribution in [0, 0.1) is 10.1 Å². The van der Waals surface area contributed by atoms with Gasteiger partial charge in [-0.25, -0.2) is 8.78 Å². The first-order valence-electron chi connectivity index (χ1n) is 5.21. The zero-order chi connectivity index (χ0) is 15.1. The van der Waals surface area contributed by atoms with E-state index >= 15 is 0 Å². The summed E-state index contributed by atoms with van der Waals surface area (Å²) in [6.07, 6.45) is -3.30. The standard InChI is InChI=1S/C11H6F4N2O3/c12-10(13)11(14,15)9(18)7-4-16-8-3-5(17(19)20)1-2-6(7)8/h1-4,10,16H. The molecule has 0 atom stereocenters. The Balaban J connectivity index is 2.52. The van der Waals surface area contributed by atoms with Crippen LogP contribution >= 0.6 is 0 Å². The fourth-order valence-electron chi connectivity index (χ4n) is 1.69. The van der Waals surface area contributed by atoms with Crippen molar-refractivity contribution in [1.29, 1.82) is 0 Å². The van der Waals surface area contributed by atoms with Gasteiger partial charge in [0, 0.05) is 29.3 Å². The number of Topliss-reactive ketones (excluding diaryl/α,β-unsaturated/α-hetero) is 1. The van der Waals surface area contributed by atoms with Crippen LogP contribution in [0.25, 0.3) is 10.9 Å². The first kappa shape index (κ1) is 14.0. The van der Waals surface area contributed by atoms with Crippen LogP contribution in [0.2, 0.25) is 0 Å². The largest absolute Gasteiger partial charge is 0.368 e. The van der Waals surface area contributed by atoms with Crippen molar-refractivity contribution in [2.24, 2.45) is 0 Å². The zero-order valence-electron chi connectivity index (χ0n) is 9.57. The maximum Gasteiger partial charge on any atom is 0.368 e. The van der Waals surface area contributed by atoms with Crippen LogP contribution in [0.1, 0.15) is 10.4 Å². The summed E-state index contributed by atoms with van der Waals surface area (Å²) in [6.45, 7) is 0. The number of nitro groups is 1. The quantitative estimate of drug-likeness (QED) is 0.406. The Morgan fingerprint density at radius 1 is 1.35 bits per heavy atom. The molecule has 106 valence electrons. The number of nitro benzene ring substituents is 1. The van der Waals surface area contributed by atoms with E-state index in [1.165, 1.54) is 0 Å². The van der Waals surface area contributed by atoms with Gasteiger partial charge in [0.1, 0.15) is 0 Å². The lowest BCUT2D eigenvalue weighted by Gasteiger charge is -2.12. The van der Waals surface area contributed by atoms with Crippen LogP contribution in [0.15, 0.2) is 24.4 Å². The van der Waals surface area contributed by atoms with Crippen molar-refractivity contribution in [3.05, 3.63) is 40.1 Å². The predicted molar refractivity (Wildman–Crippen MR) is 60.2 cm³/mol. The molecule has 0 aliphatic heterocycles. The fourth-order valence-corrected chi connectivity index (χ4v) is 1.69. The molecule has 9 heteroatoms. The minimum absolute atomic E-state index is 0.0348. The summed E-state index contributed by atoms with van der Waals surface area (Å²) in [5, 5.41) is 10.5. The number of alkyl halides is 4. The molecule has 0 amide bonds. The van der Waals surface area contributed by atoms with E-state index in [-0.39, 0.29) is 16.6 Å². The van der Waals surface area contributed by atoms with E-state index in [9.17, 15) is 32.5 Å². The molecular weight excluding hydrogens is 284 g/mol. The predicted octanol–water partition coefficient (Wildman–Crippen LogP) is 3.16. The van der Waals surface area contributed by atoms with Crippen molar-refractivity contribution in [2.45, 2.75) is 12.3 Å². The third kappa shape index (κ3) is 2.10. The van der Waals surface area contributed by atoms with Crippen LogP contribution < -0.4 is 0 Å². The van der Waals surface area contributed by atoms with E-state index < -0.39 is 28.6 Å². The van der Waals surface area contributed by atoms with Gasteiger partial charge in [-0.2, -0.15) is 8.78 Å². The van der Waals surface area contributed by atoms with Crippen LogP contribution in [-0.4, -0.2) is 28.0 Å². The number of H-pyrrole nitrogens is 1. The summed E-state index contributed by atoms with van der Waals surface area (Å²) >= 11 is 0. The van der Waals surface area contributed by atoms with E-state index in [4.69, 9.17) is 0 Å². The number of aromatic amines is 1. The van der Waals surface area contributed by atoms with Gasteiger partial charge in [-0.05, 0) is 6.07 Å². The van der Waals surface area contributed by atoms with Crippen LogP contribution in [0.4, 0.5) is 23.2 Å². The SMILES string of the molecule is O=C(c1c[nH]c2cc([N+](=O)[O-])ccc12)C(F)(F)C(F)F. The first-order chi connectivity index (χ1) is 9.25. The van der Waals surface area contributed by atoms with Crippen LogP contribution in [0.5, 0.6) is 0 Å². The molecule has 1 heterocycles. The summed E-state index contributed by atoms with van der Waals surface area (Å²) in [5.74, 6) is -6.84. The minimum atomic E-state index is -4.81. The number of nitrogens with zero attached hydrogens (tertiary/aromatic N) is 1. The molecule has 2 rings (SSSR count). The van der Waals surface area contributed by atoms with E-state index in [0.29, 0.717) is 0 Å². The lowest BCUT2D eigenvalue weighted by molar-refractivity contribution is -0.384. The zero-order valence-corrected chi connectivity index (χ0v) is 9.57. The number of non-ortho nitro benzene ring substituents is 1. The number of nitrogens with one attached hydrogen (secondary N) is 1. The molecule has 5 nitrogen and oxygen atoms in total. The number of rotatable bonds is 4. The van der Waals surface area contributed by atoms with Gasteiger partial charge in [0.15, 0.2) is 0 Å². The Hall–Kier alpha value is -2.45.